The zero-order valence-electron chi connectivity index (χ0n) is 9.04. The fraction of sp³-hybridized carbons (Fsp3) is 0. The van der Waals surface area contributed by atoms with E-state index >= 15 is 0 Å². The van der Waals surface area contributed by atoms with Gasteiger partial charge in [-0.15, -0.1) is 5.10 Å². The van der Waals surface area contributed by atoms with Crippen molar-refractivity contribution in [2.24, 2.45) is 0 Å². The number of nitrogens with two attached hydrogens (primary N) is 2. The highest BCUT2D eigenvalue weighted by molar-refractivity contribution is 5.68. The van der Waals surface area contributed by atoms with Gasteiger partial charge in [-0.05, 0) is 29.8 Å². The molecule has 5 heteroatoms. The van der Waals surface area contributed by atoms with E-state index < -0.39 is 0 Å². The molecule has 0 radical (unpaired) electrons. The maximum Gasteiger partial charge on any atom is 0.240 e. The second-order valence-corrected chi connectivity index (χ2v) is 3.82. The normalized spacial score (nSPS) is 10.8. The van der Waals surface area contributed by atoms with Crippen LogP contribution in [0.2, 0.25) is 0 Å². The molecule has 2 heterocycles. The van der Waals surface area contributed by atoms with Gasteiger partial charge in [-0.1, -0.05) is 12.1 Å². The molecule has 0 spiro atoms. The largest absolute Gasteiger partial charge is 0.399 e. The van der Waals surface area contributed by atoms with Crippen LogP contribution in [0.3, 0.4) is 0 Å². The Morgan fingerprint density at radius 1 is 1.00 bits per heavy atom. The molecular weight excluding hydrogens is 214 g/mol. The molecular formula is C12H11N5. The average Bonchev–Trinajstić information content (AvgIpc) is 2.68. The first-order chi connectivity index (χ1) is 8.22. The van der Waals surface area contributed by atoms with Crippen molar-refractivity contribution in [2.75, 3.05) is 11.5 Å². The van der Waals surface area contributed by atoms with Gasteiger partial charge in [-0.25, -0.2) is 4.52 Å². The van der Waals surface area contributed by atoms with Gasteiger partial charge in [-0.2, -0.15) is 4.98 Å². The van der Waals surface area contributed by atoms with Crippen molar-refractivity contribution in [1.82, 2.24) is 14.6 Å². The number of pyridine rings is 1. The molecule has 0 bridgehead atoms. The maximum absolute atomic E-state index is 5.76. The van der Waals surface area contributed by atoms with E-state index in [0.717, 1.165) is 22.5 Å². The van der Waals surface area contributed by atoms with Gasteiger partial charge < -0.3 is 11.5 Å². The monoisotopic (exact) mass is 225 g/mol. The lowest BCUT2D eigenvalue weighted by molar-refractivity contribution is 0.969. The first-order valence-electron chi connectivity index (χ1n) is 5.20. The van der Waals surface area contributed by atoms with Crippen LogP contribution in [0.1, 0.15) is 0 Å². The van der Waals surface area contributed by atoms with Crippen LogP contribution in [0.5, 0.6) is 0 Å². The second kappa shape index (κ2) is 3.48. The van der Waals surface area contributed by atoms with Crippen molar-refractivity contribution < 1.29 is 0 Å². The zero-order valence-corrected chi connectivity index (χ0v) is 9.04. The highest BCUT2D eigenvalue weighted by atomic mass is 15.3. The van der Waals surface area contributed by atoms with Gasteiger partial charge in [0.05, 0.1) is 0 Å². The van der Waals surface area contributed by atoms with E-state index in [1.54, 1.807) is 4.52 Å². The zero-order chi connectivity index (χ0) is 11.8. The number of hydrogen-bond donors (Lipinski definition) is 2. The summed E-state index contributed by atoms with van der Waals surface area (Å²) >= 11 is 0. The molecule has 4 N–H and O–H groups in total. The van der Waals surface area contributed by atoms with Gasteiger partial charge in [0.25, 0.3) is 0 Å². The molecule has 0 aliphatic heterocycles. The van der Waals surface area contributed by atoms with E-state index in [-0.39, 0.29) is 5.95 Å². The lowest BCUT2D eigenvalue weighted by Crippen LogP contribution is -1.91. The molecule has 0 aliphatic rings. The highest BCUT2D eigenvalue weighted by Gasteiger charge is 2.03. The molecule has 5 nitrogen and oxygen atoms in total. The number of nitrogens with zero attached hydrogens (tertiary/aromatic N) is 3. The molecule has 0 amide bonds. The van der Waals surface area contributed by atoms with Crippen molar-refractivity contribution in [3.05, 3.63) is 42.6 Å². The molecule has 0 saturated carbocycles. The fourth-order valence-electron chi connectivity index (χ4n) is 1.79. The first-order valence-corrected chi connectivity index (χ1v) is 5.20. The van der Waals surface area contributed by atoms with Crippen LogP contribution in [0.4, 0.5) is 11.6 Å². The number of fused-ring (bicyclic) bond motifs is 1. The minimum atomic E-state index is 0.273. The summed E-state index contributed by atoms with van der Waals surface area (Å²) in [6.07, 6.45) is 1.88. The summed E-state index contributed by atoms with van der Waals surface area (Å²) in [4.78, 5) is 4.07. The molecule has 2 aromatic heterocycles. The van der Waals surface area contributed by atoms with E-state index in [1.807, 2.05) is 42.6 Å². The molecule has 0 fully saturated rings. The van der Waals surface area contributed by atoms with E-state index in [0.29, 0.717) is 0 Å². The number of hydrogen-bond acceptors (Lipinski definition) is 4. The van der Waals surface area contributed by atoms with Crippen LogP contribution < -0.4 is 11.5 Å². The van der Waals surface area contributed by atoms with E-state index in [1.165, 1.54) is 0 Å². The number of benzene rings is 1. The third-order valence-electron chi connectivity index (χ3n) is 2.57. The van der Waals surface area contributed by atoms with Gasteiger partial charge in [-0.3, -0.25) is 0 Å². The van der Waals surface area contributed by atoms with Crippen LogP contribution in [0, 0.1) is 0 Å². The maximum atomic E-state index is 5.76. The van der Waals surface area contributed by atoms with Gasteiger partial charge in [0.2, 0.25) is 5.95 Å². The van der Waals surface area contributed by atoms with E-state index in [9.17, 15) is 0 Å². The Morgan fingerprint density at radius 2 is 1.88 bits per heavy atom. The lowest BCUT2D eigenvalue weighted by atomic mass is 10.1. The van der Waals surface area contributed by atoms with Crippen molar-refractivity contribution in [3.8, 4) is 11.1 Å². The summed E-state index contributed by atoms with van der Waals surface area (Å²) in [5.74, 6) is 0.273. The lowest BCUT2D eigenvalue weighted by Gasteiger charge is -2.02. The smallest absolute Gasteiger partial charge is 0.240 e. The molecule has 3 rings (SSSR count). The number of anilines is 2. The average molecular weight is 225 g/mol. The molecule has 84 valence electrons. The molecule has 17 heavy (non-hydrogen) atoms. The van der Waals surface area contributed by atoms with Crippen molar-refractivity contribution in [1.29, 1.82) is 0 Å². The van der Waals surface area contributed by atoms with Crippen LogP contribution in [-0.2, 0) is 0 Å². The molecule has 1 aromatic carbocycles. The van der Waals surface area contributed by atoms with Crippen LogP contribution in [0.15, 0.2) is 42.6 Å². The SMILES string of the molecule is Nc1cccc(-c2ccc3nc(N)nn3c2)c1. The highest BCUT2D eigenvalue weighted by Crippen LogP contribution is 2.21. The summed E-state index contributed by atoms with van der Waals surface area (Å²) in [7, 11) is 0. The Bertz CT molecular complexity index is 686. The number of aromatic nitrogens is 3. The summed E-state index contributed by atoms with van der Waals surface area (Å²) in [5.41, 5.74) is 14.8. The van der Waals surface area contributed by atoms with E-state index in [4.69, 9.17) is 11.5 Å². The summed E-state index contributed by atoms with van der Waals surface area (Å²) in [6, 6.07) is 11.5. The van der Waals surface area contributed by atoms with Crippen molar-refractivity contribution in [2.45, 2.75) is 0 Å². The van der Waals surface area contributed by atoms with Crippen LogP contribution in [-0.4, -0.2) is 14.6 Å². The topological polar surface area (TPSA) is 82.2 Å². The summed E-state index contributed by atoms with van der Waals surface area (Å²) < 4.78 is 1.66. The molecule has 0 aliphatic carbocycles. The Kier molecular flexibility index (Phi) is 1.98. The Balaban J connectivity index is 2.17. The molecule has 0 atom stereocenters. The van der Waals surface area contributed by atoms with E-state index in [2.05, 4.69) is 10.1 Å². The standard InChI is InChI=1S/C12H11N5/c13-10-3-1-2-8(6-10)9-4-5-11-15-12(14)16-17(11)7-9/h1-7H,13H2,(H2,14,16). The molecule has 3 aromatic rings. The first kappa shape index (κ1) is 9.65. The predicted molar refractivity (Wildman–Crippen MR) is 67.2 cm³/mol. The predicted octanol–water partition coefficient (Wildman–Crippen LogP) is 1.56. The van der Waals surface area contributed by atoms with Crippen LogP contribution >= 0.6 is 0 Å². The van der Waals surface area contributed by atoms with Gasteiger partial charge >= 0.3 is 0 Å². The number of rotatable bonds is 1. The number of nitrogen functional groups attached to an aromatic ring is 2. The third-order valence-corrected chi connectivity index (χ3v) is 2.57. The molecule has 0 saturated heterocycles. The minimum absolute atomic E-state index is 0.273. The van der Waals surface area contributed by atoms with Crippen molar-refractivity contribution >= 4 is 17.3 Å². The van der Waals surface area contributed by atoms with Gasteiger partial charge in [0, 0.05) is 17.4 Å². The summed E-state index contributed by atoms with van der Waals surface area (Å²) in [6.45, 7) is 0. The van der Waals surface area contributed by atoms with Crippen molar-refractivity contribution in [3.63, 3.8) is 0 Å². The Hall–Kier alpha value is -2.56. The fourth-order valence-corrected chi connectivity index (χ4v) is 1.79. The minimum Gasteiger partial charge on any atom is -0.399 e. The van der Waals surface area contributed by atoms with Crippen LogP contribution in [0.25, 0.3) is 16.8 Å². The Morgan fingerprint density at radius 3 is 2.71 bits per heavy atom. The second-order valence-electron chi connectivity index (χ2n) is 3.82. The van der Waals surface area contributed by atoms with Gasteiger partial charge in [0.15, 0.2) is 5.65 Å². The quantitative estimate of drug-likeness (QED) is 0.616. The van der Waals surface area contributed by atoms with Gasteiger partial charge in [0.1, 0.15) is 0 Å². The Labute approximate surface area is 97.7 Å². The summed E-state index contributed by atoms with van der Waals surface area (Å²) in [5, 5.41) is 4.07. The third kappa shape index (κ3) is 1.67. The molecule has 0 unspecified atom stereocenters.